The number of nitrogens with two attached hydrogens (primary N) is 1. The quantitative estimate of drug-likeness (QED) is 0.0578. The van der Waals surface area contributed by atoms with Crippen molar-refractivity contribution in [2.45, 2.75) is 18.3 Å². The largest absolute Gasteiger partial charge is 0.504 e. The molecule has 2 saturated heterocycles. The van der Waals surface area contributed by atoms with Crippen LogP contribution in [0.3, 0.4) is 0 Å². The highest BCUT2D eigenvalue weighted by molar-refractivity contribution is 8.00. The number of carbonyl (C=O) groups is 5. The number of carboxylic acids is 1. The lowest BCUT2D eigenvalue weighted by molar-refractivity contribution is -0.164. The van der Waals surface area contributed by atoms with E-state index in [9.17, 15) is 39.3 Å². The van der Waals surface area contributed by atoms with E-state index < -0.39 is 59.7 Å². The molecule has 2 aliphatic rings. The highest BCUT2D eigenvalue weighted by Crippen LogP contribution is 2.42. The van der Waals surface area contributed by atoms with Crippen molar-refractivity contribution >= 4 is 82.2 Å². The van der Waals surface area contributed by atoms with Gasteiger partial charge >= 0.3 is 11.9 Å². The number of aromatic hydroxyl groups is 2. The molecule has 236 valence electrons. The molecule has 1 aromatic carbocycles. The van der Waals surface area contributed by atoms with Gasteiger partial charge in [-0.2, -0.15) is 5.10 Å². The molecule has 0 radical (unpaired) electrons. The lowest BCUT2D eigenvalue weighted by atomic mass is 9.88. The minimum atomic E-state index is -1.49. The second-order valence-corrected chi connectivity index (χ2v) is 11.3. The number of phenols is 2. The standard InChI is InChI=1S/C24H25N7O10S2.ClH/c1-11(32)40-9-24(22(38)39)8-31-20(37)18(21(31)43-10-24)28-19(36)17(13-7-42-23(25)27-13)30-41-6-16(35)29-26-5-12-2-3-14(33)15(34)4-12;/h2-5,7,18,21,33-34H,6,8-10H2,1H3,(H2,25,27)(H,28,36)(H,29,35)(H,38,39);1H/t18?,21-,24?;/m1./s1. The van der Waals surface area contributed by atoms with E-state index in [1.807, 2.05) is 0 Å². The van der Waals surface area contributed by atoms with Crippen LogP contribution < -0.4 is 16.5 Å². The predicted molar refractivity (Wildman–Crippen MR) is 158 cm³/mol. The molecular formula is C24H26ClN7O10S2. The third-order valence-corrected chi connectivity index (χ3v) is 8.43. The molecule has 0 aliphatic carbocycles. The zero-order chi connectivity index (χ0) is 31.3. The van der Waals surface area contributed by atoms with Gasteiger partial charge in [0.05, 0.1) is 6.21 Å². The van der Waals surface area contributed by atoms with Crippen molar-refractivity contribution in [1.82, 2.24) is 20.6 Å². The summed E-state index contributed by atoms with van der Waals surface area (Å²) in [4.78, 5) is 71.7. The molecule has 20 heteroatoms. The number of anilines is 1. The summed E-state index contributed by atoms with van der Waals surface area (Å²) in [5.74, 6) is -4.68. The normalized spacial score (nSPS) is 21.0. The third kappa shape index (κ3) is 7.66. The van der Waals surface area contributed by atoms with Crippen LogP contribution in [0.1, 0.15) is 18.2 Å². The Morgan fingerprint density at radius 3 is 2.66 bits per heavy atom. The molecule has 3 amide bonds. The van der Waals surface area contributed by atoms with E-state index in [2.05, 4.69) is 26.0 Å². The van der Waals surface area contributed by atoms with Crippen LogP contribution in [0, 0.1) is 5.41 Å². The molecule has 3 heterocycles. The Balaban J connectivity index is 0.00000529. The SMILES string of the molecule is CC(=O)OCC1(C(=O)O)CS[C@@H]2C(NC(=O)C(=NOCC(=O)NN=Cc3ccc(O)c(O)c3)c3csc(N)n3)C(=O)N2C1.Cl. The zero-order valence-corrected chi connectivity index (χ0v) is 25.1. The van der Waals surface area contributed by atoms with Crippen molar-refractivity contribution in [3.05, 3.63) is 34.8 Å². The number of nitrogen functional groups attached to an aromatic ring is 1. The fourth-order valence-corrected chi connectivity index (χ4v) is 6.01. The van der Waals surface area contributed by atoms with Crippen molar-refractivity contribution in [3.63, 3.8) is 0 Å². The van der Waals surface area contributed by atoms with E-state index in [0.717, 1.165) is 30.0 Å². The van der Waals surface area contributed by atoms with Crippen LogP contribution in [-0.2, 0) is 33.5 Å². The summed E-state index contributed by atoms with van der Waals surface area (Å²) < 4.78 is 4.93. The van der Waals surface area contributed by atoms with Crippen molar-refractivity contribution < 1.29 is 48.9 Å². The number of benzene rings is 1. The molecule has 3 atom stereocenters. The number of esters is 1. The van der Waals surface area contributed by atoms with Gasteiger partial charge in [-0.1, -0.05) is 5.16 Å². The number of fused-ring (bicyclic) bond motifs is 1. The zero-order valence-electron chi connectivity index (χ0n) is 22.7. The number of amides is 3. The number of thioether (sulfide) groups is 1. The van der Waals surface area contributed by atoms with Gasteiger partial charge in [-0.05, 0) is 23.8 Å². The number of aliphatic carboxylic acids is 1. The van der Waals surface area contributed by atoms with Crippen LogP contribution in [0.15, 0.2) is 33.8 Å². The van der Waals surface area contributed by atoms with Crippen molar-refractivity contribution in [3.8, 4) is 11.5 Å². The van der Waals surface area contributed by atoms with Gasteiger partial charge in [-0.25, -0.2) is 10.4 Å². The fourth-order valence-electron chi connectivity index (χ4n) is 3.94. The number of rotatable bonds is 11. The van der Waals surface area contributed by atoms with Gasteiger partial charge in [-0.3, -0.25) is 24.0 Å². The van der Waals surface area contributed by atoms with E-state index in [0.29, 0.717) is 5.56 Å². The number of nitrogens with one attached hydrogen (secondary N) is 2. The minimum absolute atomic E-state index is 0. The van der Waals surface area contributed by atoms with Crippen molar-refractivity contribution in [2.75, 3.05) is 31.2 Å². The maximum Gasteiger partial charge on any atom is 0.315 e. The number of phenolic OH excluding ortho intramolecular Hbond substituents is 2. The first-order valence-electron chi connectivity index (χ1n) is 12.2. The average molecular weight is 672 g/mol. The molecule has 4 rings (SSSR count). The first-order chi connectivity index (χ1) is 20.4. The molecule has 0 saturated carbocycles. The van der Waals surface area contributed by atoms with Gasteiger partial charge in [0.25, 0.3) is 11.8 Å². The molecule has 2 unspecified atom stereocenters. The van der Waals surface area contributed by atoms with Crippen LogP contribution in [0.4, 0.5) is 5.13 Å². The monoisotopic (exact) mass is 671 g/mol. The number of ether oxygens (including phenoxy) is 1. The number of hydrogen-bond donors (Lipinski definition) is 6. The number of hydrogen-bond acceptors (Lipinski definition) is 15. The van der Waals surface area contributed by atoms with Crippen LogP contribution in [0.5, 0.6) is 11.5 Å². The van der Waals surface area contributed by atoms with Gasteiger partial charge in [0.1, 0.15) is 29.1 Å². The highest BCUT2D eigenvalue weighted by Gasteiger charge is 2.58. The molecule has 2 aliphatic heterocycles. The van der Waals surface area contributed by atoms with Crippen LogP contribution in [-0.4, -0.2) is 104 Å². The second-order valence-electron chi connectivity index (χ2n) is 9.31. The van der Waals surface area contributed by atoms with Crippen molar-refractivity contribution in [1.29, 1.82) is 0 Å². The smallest absolute Gasteiger partial charge is 0.315 e. The van der Waals surface area contributed by atoms with Crippen LogP contribution in [0.25, 0.3) is 0 Å². The Bertz CT molecular complexity index is 1520. The maximum atomic E-state index is 13.2. The maximum absolute atomic E-state index is 13.2. The minimum Gasteiger partial charge on any atom is -0.504 e. The number of β-lactam (4-membered cyclic amide) rings is 1. The van der Waals surface area contributed by atoms with Crippen LogP contribution >= 0.6 is 35.5 Å². The third-order valence-electron chi connectivity index (χ3n) is 6.17. The number of carboxylic acid groups (broad SMARTS) is 1. The molecule has 17 nitrogen and oxygen atoms in total. The van der Waals surface area contributed by atoms with Gasteiger partial charge < -0.3 is 40.8 Å². The fraction of sp³-hybridized carbons (Fsp3) is 0.333. The van der Waals surface area contributed by atoms with E-state index in [4.69, 9.17) is 15.3 Å². The average Bonchev–Trinajstić information content (AvgIpc) is 3.39. The second kappa shape index (κ2) is 14.2. The lowest BCUT2D eigenvalue weighted by Gasteiger charge is -2.53. The number of oxime groups is 1. The van der Waals surface area contributed by atoms with Crippen molar-refractivity contribution in [2.24, 2.45) is 15.7 Å². The summed E-state index contributed by atoms with van der Waals surface area (Å²) in [6.45, 7) is -0.128. The molecule has 44 heavy (non-hydrogen) atoms. The number of halogens is 1. The van der Waals surface area contributed by atoms with Gasteiger partial charge in [-0.15, -0.1) is 35.5 Å². The Morgan fingerprint density at radius 1 is 1.27 bits per heavy atom. The summed E-state index contributed by atoms with van der Waals surface area (Å²) in [6.07, 6.45) is 1.20. The van der Waals surface area contributed by atoms with Gasteiger partial charge in [0, 0.05) is 24.6 Å². The summed E-state index contributed by atoms with van der Waals surface area (Å²) in [7, 11) is 0. The molecule has 7 N–H and O–H groups in total. The number of nitrogens with zero attached hydrogens (tertiary/aromatic N) is 4. The summed E-state index contributed by atoms with van der Waals surface area (Å²) in [5.41, 5.74) is 6.39. The summed E-state index contributed by atoms with van der Waals surface area (Å²) >= 11 is 2.13. The Morgan fingerprint density at radius 2 is 2.02 bits per heavy atom. The summed E-state index contributed by atoms with van der Waals surface area (Å²) in [5, 5.41) is 39.5. The lowest BCUT2D eigenvalue weighted by Crippen LogP contribution is -2.74. The predicted octanol–water partition coefficient (Wildman–Crippen LogP) is -0.537. The number of aromatic nitrogens is 1. The Kier molecular flexibility index (Phi) is 11.0. The Labute approximate surface area is 262 Å². The van der Waals surface area contributed by atoms with Gasteiger partial charge in [0.2, 0.25) is 5.91 Å². The number of carbonyl (C=O) groups excluding carboxylic acids is 4. The van der Waals surface area contributed by atoms with E-state index in [-0.39, 0.29) is 52.7 Å². The van der Waals surface area contributed by atoms with Crippen LogP contribution in [0.2, 0.25) is 0 Å². The highest BCUT2D eigenvalue weighted by atomic mass is 35.5. The molecule has 0 bridgehead atoms. The molecule has 0 spiro atoms. The van der Waals surface area contributed by atoms with E-state index in [1.165, 1.54) is 34.7 Å². The Hall–Kier alpha value is -4.62. The summed E-state index contributed by atoms with van der Waals surface area (Å²) in [6, 6.07) is 2.89. The molecular weight excluding hydrogens is 646 g/mol. The first-order valence-corrected chi connectivity index (χ1v) is 14.2. The molecule has 2 aromatic rings. The number of hydrazone groups is 1. The van der Waals surface area contributed by atoms with Gasteiger partial charge in [0.15, 0.2) is 28.9 Å². The van der Waals surface area contributed by atoms with E-state index >= 15 is 0 Å². The van der Waals surface area contributed by atoms with E-state index in [1.54, 1.807) is 0 Å². The molecule has 1 aromatic heterocycles. The topological polar surface area (TPSA) is 255 Å². The number of thiazole rings is 1. The molecule has 2 fully saturated rings. The first kappa shape index (κ1) is 33.9.